The molecular formula is C16H20N2OS. The van der Waals surface area contributed by atoms with Crippen molar-refractivity contribution in [3.05, 3.63) is 50.7 Å². The van der Waals surface area contributed by atoms with Crippen molar-refractivity contribution in [2.45, 2.75) is 32.2 Å². The number of hydrogen-bond donors (Lipinski definition) is 2. The standard InChI is InChI=1S/C16H20N2OS/c1-10-6-7-13(19-2)12(8-10)16(18-17)15-9-11-4-3-5-14(11)20-15/h6-9,16,18H,3-5,17H2,1-2H3. The van der Waals surface area contributed by atoms with Gasteiger partial charge in [-0.15, -0.1) is 11.3 Å². The molecule has 1 heterocycles. The van der Waals surface area contributed by atoms with E-state index >= 15 is 0 Å². The molecule has 0 spiro atoms. The van der Waals surface area contributed by atoms with Crippen molar-refractivity contribution in [2.24, 2.45) is 5.84 Å². The highest BCUT2D eigenvalue weighted by molar-refractivity contribution is 7.12. The van der Waals surface area contributed by atoms with Crippen molar-refractivity contribution in [3.63, 3.8) is 0 Å². The van der Waals surface area contributed by atoms with Crippen LogP contribution in [0.5, 0.6) is 5.75 Å². The van der Waals surface area contributed by atoms with Gasteiger partial charge in [0.15, 0.2) is 0 Å². The van der Waals surface area contributed by atoms with E-state index in [0.717, 1.165) is 11.3 Å². The molecule has 0 radical (unpaired) electrons. The maximum Gasteiger partial charge on any atom is 0.124 e. The van der Waals surface area contributed by atoms with Crippen LogP contribution in [-0.4, -0.2) is 7.11 Å². The van der Waals surface area contributed by atoms with E-state index in [1.54, 1.807) is 7.11 Å². The van der Waals surface area contributed by atoms with Crippen LogP contribution < -0.4 is 16.0 Å². The molecule has 3 rings (SSSR count). The van der Waals surface area contributed by atoms with Gasteiger partial charge < -0.3 is 4.74 Å². The first-order valence-electron chi connectivity index (χ1n) is 6.95. The summed E-state index contributed by atoms with van der Waals surface area (Å²) in [6, 6.07) is 8.52. The van der Waals surface area contributed by atoms with Gasteiger partial charge in [0.05, 0.1) is 13.2 Å². The van der Waals surface area contributed by atoms with E-state index in [-0.39, 0.29) is 6.04 Å². The van der Waals surface area contributed by atoms with Crippen LogP contribution in [0.4, 0.5) is 0 Å². The molecule has 4 heteroatoms. The molecule has 0 bridgehead atoms. The topological polar surface area (TPSA) is 47.3 Å². The summed E-state index contributed by atoms with van der Waals surface area (Å²) in [7, 11) is 1.70. The van der Waals surface area contributed by atoms with Gasteiger partial charge in [-0.25, -0.2) is 5.43 Å². The minimum absolute atomic E-state index is 0.000417. The Morgan fingerprint density at radius 2 is 2.15 bits per heavy atom. The monoisotopic (exact) mass is 288 g/mol. The molecule has 0 saturated heterocycles. The molecular weight excluding hydrogens is 268 g/mol. The summed E-state index contributed by atoms with van der Waals surface area (Å²) in [5.41, 5.74) is 6.77. The predicted octanol–water partition coefficient (Wildman–Crippen LogP) is 3.11. The first-order chi connectivity index (χ1) is 9.72. The van der Waals surface area contributed by atoms with Crippen LogP contribution in [0, 0.1) is 6.92 Å². The van der Waals surface area contributed by atoms with Crippen LogP contribution in [0.3, 0.4) is 0 Å². The number of fused-ring (bicyclic) bond motifs is 1. The molecule has 106 valence electrons. The van der Waals surface area contributed by atoms with Crippen LogP contribution in [0.25, 0.3) is 0 Å². The van der Waals surface area contributed by atoms with Crippen molar-refractivity contribution in [1.29, 1.82) is 0 Å². The normalized spacial score (nSPS) is 15.2. The Balaban J connectivity index is 2.02. The molecule has 20 heavy (non-hydrogen) atoms. The highest BCUT2D eigenvalue weighted by atomic mass is 32.1. The van der Waals surface area contributed by atoms with E-state index in [2.05, 4.69) is 30.5 Å². The number of rotatable bonds is 4. The van der Waals surface area contributed by atoms with Gasteiger partial charge in [-0.3, -0.25) is 5.84 Å². The van der Waals surface area contributed by atoms with Gasteiger partial charge in [0.1, 0.15) is 5.75 Å². The first kappa shape index (κ1) is 13.6. The highest BCUT2D eigenvalue weighted by Crippen LogP contribution is 2.38. The molecule has 0 saturated carbocycles. The molecule has 2 aromatic rings. The Kier molecular flexibility index (Phi) is 3.78. The van der Waals surface area contributed by atoms with Crippen LogP contribution in [-0.2, 0) is 12.8 Å². The van der Waals surface area contributed by atoms with E-state index in [4.69, 9.17) is 10.6 Å². The third-order valence-corrected chi connectivity index (χ3v) is 5.22. The Bertz CT molecular complexity index is 599. The molecule has 1 aliphatic rings. The fourth-order valence-corrected chi connectivity index (χ4v) is 4.24. The van der Waals surface area contributed by atoms with E-state index in [1.807, 2.05) is 17.4 Å². The zero-order valence-electron chi connectivity index (χ0n) is 11.9. The largest absolute Gasteiger partial charge is 0.496 e. The molecule has 3 nitrogen and oxygen atoms in total. The quantitative estimate of drug-likeness (QED) is 0.671. The van der Waals surface area contributed by atoms with Crippen molar-refractivity contribution >= 4 is 11.3 Å². The third kappa shape index (κ3) is 2.35. The number of thiophene rings is 1. The van der Waals surface area contributed by atoms with Crippen LogP contribution in [0.1, 0.15) is 38.9 Å². The number of nitrogens with one attached hydrogen (secondary N) is 1. The fraction of sp³-hybridized carbons (Fsp3) is 0.375. The van der Waals surface area contributed by atoms with Crippen molar-refractivity contribution < 1.29 is 4.74 Å². The van der Waals surface area contributed by atoms with Gasteiger partial charge in [0.2, 0.25) is 0 Å². The SMILES string of the molecule is COc1ccc(C)cc1C(NN)c1cc2c(s1)CCC2. The van der Waals surface area contributed by atoms with Gasteiger partial charge in [0, 0.05) is 15.3 Å². The molecule has 1 aliphatic carbocycles. The lowest BCUT2D eigenvalue weighted by atomic mass is 10.0. The number of methoxy groups -OCH3 is 1. The number of hydrazine groups is 1. The van der Waals surface area contributed by atoms with Gasteiger partial charge in [-0.2, -0.15) is 0 Å². The summed E-state index contributed by atoms with van der Waals surface area (Å²) in [5, 5.41) is 0. The van der Waals surface area contributed by atoms with E-state index < -0.39 is 0 Å². The van der Waals surface area contributed by atoms with Gasteiger partial charge in [-0.05, 0) is 43.9 Å². The molecule has 0 aliphatic heterocycles. The second-order valence-corrected chi connectivity index (χ2v) is 6.46. The summed E-state index contributed by atoms with van der Waals surface area (Å²) in [6.45, 7) is 2.09. The fourth-order valence-electron chi connectivity index (χ4n) is 2.90. The summed E-state index contributed by atoms with van der Waals surface area (Å²) >= 11 is 1.88. The molecule has 3 N–H and O–H groups in total. The Hall–Kier alpha value is -1.36. The average molecular weight is 288 g/mol. The zero-order valence-corrected chi connectivity index (χ0v) is 12.7. The van der Waals surface area contributed by atoms with Gasteiger partial charge in [0.25, 0.3) is 0 Å². The highest BCUT2D eigenvalue weighted by Gasteiger charge is 2.23. The van der Waals surface area contributed by atoms with Crippen molar-refractivity contribution in [2.75, 3.05) is 7.11 Å². The van der Waals surface area contributed by atoms with Gasteiger partial charge in [-0.1, -0.05) is 17.7 Å². The number of nitrogens with two attached hydrogens (primary N) is 1. The lowest BCUT2D eigenvalue weighted by Crippen LogP contribution is -2.28. The van der Waals surface area contributed by atoms with E-state index in [0.29, 0.717) is 0 Å². The van der Waals surface area contributed by atoms with Crippen LogP contribution >= 0.6 is 11.3 Å². The summed E-state index contributed by atoms with van der Waals surface area (Å²) < 4.78 is 5.49. The lowest BCUT2D eigenvalue weighted by molar-refractivity contribution is 0.404. The first-order valence-corrected chi connectivity index (χ1v) is 7.76. The number of hydrogen-bond acceptors (Lipinski definition) is 4. The van der Waals surface area contributed by atoms with Crippen LogP contribution in [0.15, 0.2) is 24.3 Å². The lowest BCUT2D eigenvalue weighted by Gasteiger charge is -2.18. The minimum Gasteiger partial charge on any atom is -0.496 e. The minimum atomic E-state index is 0.000417. The zero-order chi connectivity index (χ0) is 14.1. The Morgan fingerprint density at radius 3 is 2.85 bits per heavy atom. The maximum absolute atomic E-state index is 5.83. The van der Waals surface area contributed by atoms with Crippen molar-refractivity contribution in [1.82, 2.24) is 5.43 Å². The van der Waals surface area contributed by atoms with E-state index in [1.165, 1.54) is 40.1 Å². The Morgan fingerprint density at radius 1 is 1.30 bits per heavy atom. The second-order valence-electron chi connectivity index (χ2n) is 5.30. The van der Waals surface area contributed by atoms with Crippen LogP contribution in [0.2, 0.25) is 0 Å². The number of ether oxygens (including phenoxy) is 1. The average Bonchev–Trinajstić information content (AvgIpc) is 3.01. The molecule has 0 fully saturated rings. The third-order valence-electron chi connectivity index (χ3n) is 3.91. The summed E-state index contributed by atoms with van der Waals surface area (Å²) in [4.78, 5) is 2.80. The van der Waals surface area contributed by atoms with Gasteiger partial charge >= 0.3 is 0 Å². The number of benzene rings is 1. The summed E-state index contributed by atoms with van der Waals surface area (Å²) in [6.07, 6.45) is 3.70. The molecule has 1 unspecified atom stereocenters. The molecule has 0 amide bonds. The molecule has 1 atom stereocenters. The smallest absolute Gasteiger partial charge is 0.124 e. The van der Waals surface area contributed by atoms with E-state index in [9.17, 15) is 0 Å². The second kappa shape index (κ2) is 5.56. The maximum atomic E-state index is 5.83. The number of aryl methyl sites for hydroxylation is 3. The Labute approximate surface area is 123 Å². The predicted molar refractivity (Wildman–Crippen MR) is 83.2 cm³/mol. The summed E-state index contributed by atoms with van der Waals surface area (Å²) in [5.74, 6) is 6.71. The molecule has 1 aromatic carbocycles. The molecule has 1 aromatic heterocycles. The van der Waals surface area contributed by atoms with Crippen molar-refractivity contribution in [3.8, 4) is 5.75 Å².